The van der Waals surface area contributed by atoms with Crippen LogP contribution < -0.4 is 5.32 Å². The van der Waals surface area contributed by atoms with Gasteiger partial charge in [-0.3, -0.25) is 4.98 Å². The van der Waals surface area contributed by atoms with Crippen LogP contribution in [0.2, 0.25) is 0 Å². The van der Waals surface area contributed by atoms with Crippen LogP contribution in [0.5, 0.6) is 0 Å². The van der Waals surface area contributed by atoms with Crippen molar-refractivity contribution < 1.29 is 13.9 Å². The molecule has 1 unspecified atom stereocenters. The van der Waals surface area contributed by atoms with E-state index in [2.05, 4.69) is 24.1 Å². The second-order valence-electron chi connectivity index (χ2n) is 5.97. The summed E-state index contributed by atoms with van der Waals surface area (Å²) in [5.74, 6) is -1.23. The summed E-state index contributed by atoms with van der Waals surface area (Å²) >= 11 is 0. The van der Waals surface area contributed by atoms with Crippen LogP contribution in [-0.4, -0.2) is 16.6 Å². The number of aliphatic hydroxyl groups is 1. The fourth-order valence-corrected chi connectivity index (χ4v) is 2.61. The average Bonchev–Trinajstić information content (AvgIpc) is 2.76. The number of halogens is 2. The molecule has 0 aliphatic carbocycles. The van der Waals surface area contributed by atoms with E-state index in [4.69, 9.17) is 0 Å². The van der Waals surface area contributed by atoms with Gasteiger partial charge in [-0.05, 0) is 24.3 Å². The van der Waals surface area contributed by atoms with E-state index in [9.17, 15) is 13.9 Å². The zero-order valence-electron chi connectivity index (χ0n) is 11.8. The van der Waals surface area contributed by atoms with Crippen molar-refractivity contribution in [1.82, 2.24) is 4.98 Å². The normalized spacial score (nSPS) is 17.2. The minimum absolute atomic E-state index is 0.0804. The molecule has 1 aromatic carbocycles. The number of nitrogens with one attached hydrogen (secondary N) is 1. The second kappa shape index (κ2) is 4.77. The maximum atomic E-state index is 13.7. The third-order valence-corrected chi connectivity index (χ3v) is 3.84. The molecule has 21 heavy (non-hydrogen) atoms. The number of rotatable bonds is 2. The van der Waals surface area contributed by atoms with Gasteiger partial charge in [-0.15, -0.1) is 0 Å². The standard InChI is InChI=1S/C16H16F2N2O/c1-16(2)8-20-13-5-9(7-19-15(13)16)14(21)11-6-10(17)3-4-12(11)18/h3-7,14,20-21H,8H2,1-2H3. The summed E-state index contributed by atoms with van der Waals surface area (Å²) in [5, 5.41) is 13.5. The highest BCUT2D eigenvalue weighted by atomic mass is 19.1. The zero-order chi connectivity index (χ0) is 15.2. The predicted molar refractivity (Wildman–Crippen MR) is 76.2 cm³/mol. The van der Waals surface area contributed by atoms with Crippen LogP contribution in [0.1, 0.15) is 36.8 Å². The van der Waals surface area contributed by atoms with Crippen molar-refractivity contribution in [1.29, 1.82) is 0 Å². The van der Waals surface area contributed by atoms with Gasteiger partial charge in [-0.2, -0.15) is 0 Å². The Bertz CT molecular complexity index is 701. The highest BCUT2D eigenvalue weighted by Gasteiger charge is 2.32. The van der Waals surface area contributed by atoms with Crippen molar-refractivity contribution in [3.05, 3.63) is 58.9 Å². The van der Waals surface area contributed by atoms with Crippen LogP contribution in [0.4, 0.5) is 14.5 Å². The lowest BCUT2D eigenvalue weighted by atomic mass is 9.91. The molecular formula is C16H16F2N2O. The minimum atomic E-state index is -1.25. The molecule has 0 saturated heterocycles. The van der Waals surface area contributed by atoms with Gasteiger partial charge in [-0.1, -0.05) is 13.8 Å². The van der Waals surface area contributed by atoms with E-state index < -0.39 is 17.7 Å². The molecule has 0 fully saturated rings. The van der Waals surface area contributed by atoms with E-state index in [1.165, 1.54) is 6.20 Å². The second-order valence-corrected chi connectivity index (χ2v) is 5.97. The van der Waals surface area contributed by atoms with E-state index in [1.54, 1.807) is 6.07 Å². The molecule has 1 aliphatic rings. The number of aromatic nitrogens is 1. The van der Waals surface area contributed by atoms with Gasteiger partial charge in [0, 0.05) is 29.3 Å². The van der Waals surface area contributed by atoms with Crippen LogP contribution in [0.3, 0.4) is 0 Å². The van der Waals surface area contributed by atoms with Crippen molar-refractivity contribution in [2.75, 3.05) is 11.9 Å². The molecule has 1 atom stereocenters. The van der Waals surface area contributed by atoms with E-state index in [0.717, 1.165) is 36.1 Å². The van der Waals surface area contributed by atoms with Crippen molar-refractivity contribution >= 4 is 5.69 Å². The first-order valence-corrected chi connectivity index (χ1v) is 6.76. The molecule has 2 heterocycles. The molecule has 0 saturated carbocycles. The topological polar surface area (TPSA) is 45.1 Å². The maximum Gasteiger partial charge on any atom is 0.129 e. The Labute approximate surface area is 121 Å². The van der Waals surface area contributed by atoms with Crippen LogP contribution in [-0.2, 0) is 5.41 Å². The van der Waals surface area contributed by atoms with Gasteiger partial charge in [0.1, 0.15) is 17.7 Å². The zero-order valence-corrected chi connectivity index (χ0v) is 11.8. The number of nitrogens with zero attached hydrogens (tertiary/aromatic N) is 1. The number of pyridine rings is 1. The number of aliphatic hydroxyl groups excluding tert-OH is 1. The Morgan fingerprint density at radius 2 is 2.05 bits per heavy atom. The van der Waals surface area contributed by atoms with Crippen molar-refractivity contribution in [3.63, 3.8) is 0 Å². The van der Waals surface area contributed by atoms with E-state index >= 15 is 0 Å². The molecule has 3 nitrogen and oxygen atoms in total. The molecule has 2 N–H and O–H groups in total. The Morgan fingerprint density at radius 3 is 2.81 bits per heavy atom. The summed E-state index contributed by atoms with van der Waals surface area (Å²) in [6.45, 7) is 4.89. The molecule has 0 bridgehead atoms. The van der Waals surface area contributed by atoms with Gasteiger partial charge in [0.05, 0.1) is 11.4 Å². The number of anilines is 1. The fraction of sp³-hybridized carbons (Fsp3) is 0.312. The highest BCUT2D eigenvalue weighted by Crippen LogP contribution is 2.36. The van der Waals surface area contributed by atoms with Crippen LogP contribution in [0.25, 0.3) is 0 Å². The lowest BCUT2D eigenvalue weighted by Crippen LogP contribution is -2.20. The van der Waals surface area contributed by atoms with E-state index in [0.29, 0.717) is 5.56 Å². The first-order valence-electron chi connectivity index (χ1n) is 6.76. The summed E-state index contributed by atoms with van der Waals surface area (Å²) in [4.78, 5) is 4.37. The molecule has 110 valence electrons. The number of benzene rings is 1. The molecule has 3 rings (SSSR count). The summed E-state index contributed by atoms with van der Waals surface area (Å²) in [7, 11) is 0. The predicted octanol–water partition coefficient (Wildman–Crippen LogP) is 3.14. The van der Waals surface area contributed by atoms with E-state index in [1.807, 2.05) is 0 Å². The Morgan fingerprint density at radius 1 is 1.29 bits per heavy atom. The summed E-state index contributed by atoms with van der Waals surface area (Å²) in [6, 6.07) is 4.78. The van der Waals surface area contributed by atoms with Crippen molar-refractivity contribution in [2.45, 2.75) is 25.4 Å². The lowest BCUT2D eigenvalue weighted by Gasteiger charge is -2.17. The molecule has 0 radical (unpaired) electrons. The van der Waals surface area contributed by atoms with Gasteiger partial charge in [-0.25, -0.2) is 8.78 Å². The maximum absolute atomic E-state index is 13.7. The highest BCUT2D eigenvalue weighted by molar-refractivity contribution is 5.58. The Balaban J connectivity index is 2.00. The monoisotopic (exact) mass is 290 g/mol. The molecule has 1 aromatic heterocycles. The van der Waals surface area contributed by atoms with Gasteiger partial charge in [0.15, 0.2) is 0 Å². The first kappa shape index (κ1) is 13.9. The van der Waals surface area contributed by atoms with Gasteiger partial charge < -0.3 is 10.4 Å². The molecular weight excluding hydrogens is 274 g/mol. The van der Waals surface area contributed by atoms with Crippen LogP contribution in [0, 0.1) is 11.6 Å². The Hall–Kier alpha value is -2.01. The fourth-order valence-electron chi connectivity index (χ4n) is 2.61. The van der Waals surface area contributed by atoms with Crippen LogP contribution >= 0.6 is 0 Å². The summed E-state index contributed by atoms with van der Waals surface area (Å²) < 4.78 is 27.0. The van der Waals surface area contributed by atoms with Gasteiger partial charge in [0.2, 0.25) is 0 Å². The summed E-state index contributed by atoms with van der Waals surface area (Å²) in [5.41, 5.74) is 2.01. The van der Waals surface area contributed by atoms with Crippen molar-refractivity contribution in [2.24, 2.45) is 0 Å². The smallest absolute Gasteiger partial charge is 0.129 e. The quantitative estimate of drug-likeness (QED) is 0.893. The van der Waals surface area contributed by atoms with Crippen molar-refractivity contribution in [3.8, 4) is 0 Å². The first-order chi connectivity index (χ1) is 9.88. The van der Waals surface area contributed by atoms with Gasteiger partial charge >= 0.3 is 0 Å². The van der Waals surface area contributed by atoms with E-state index in [-0.39, 0.29) is 11.0 Å². The third-order valence-electron chi connectivity index (χ3n) is 3.84. The van der Waals surface area contributed by atoms with Crippen LogP contribution in [0.15, 0.2) is 30.5 Å². The number of hydrogen-bond donors (Lipinski definition) is 2. The number of hydrogen-bond acceptors (Lipinski definition) is 3. The lowest BCUT2D eigenvalue weighted by molar-refractivity contribution is 0.214. The van der Waals surface area contributed by atoms with Gasteiger partial charge in [0.25, 0.3) is 0 Å². The third kappa shape index (κ3) is 2.38. The Kier molecular flexibility index (Phi) is 3.17. The molecule has 5 heteroatoms. The number of fused-ring (bicyclic) bond motifs is 1. The largest absolute Gasteiger partial charge is 0.383 e. The SMILES string of the molecule is CC1(C)CNc2cc(C(O)c3cc(F)ccc3F)cnc21. The molecule has 2 aromatic rings. The minimum Gasteiger partial charge on any atom is -0.383 e. The molecule has 0 spiro atoms. The molecule has 1 aliphatic heterocycles. The summed E-state index contributed by atoms with van der Waals surface area (Å²) in [6.07, 6.45) is 0.270. The molecule has 0 amide bonds. The average molecular weight is 290 g/mol.